The molecule has 0 spiro atoms. The number of fused-ring (bicyclic) bond motifs is 1. The van der Waals surface area contributed by atoms with Gasteiger partial charge in [-0.2, -0.15) is 0 Å². The van der Waals surface area contributed by atoms with Gasteiger partial charge in [-0.05, 0) is 24.3 Å². The maximum Gasteiger partial charge on any atom is 0.270 e. The number of aromatic nitrogens is 1. The van der Waals surface area contributed by atoms with Crippen LogP contribution in [0.15, 0.2) is 47.3 Å². The largest absolute Gasteiger partial charge is 0.304 e. The number of nitro groups is 1. The van der Waals surface area contributed by atoms with E-state index in [-0.39, 0.29) is 22.8 Å². The molecule has 0 N–H and O–H groups in total. The topological polar surface area (TPSA) is 65.1 Å². The smallest absolute Gasteiger partial charge is 0.270 e. The maximum absolute atomic E-state index is 12.3. The van der Waals surface area contributed by atoms with Crippen LogP contribution in [0, 0.1) is 10.1 Å². The van der Waals surface area contributed by atoms with E-state index in [1.807, 2.05) is 0 Å². The Morgan fingerprint density at radius 3 is 2.42 bits per heavy atom. The highest BCUT2D eigenvalue weighted by atomic mass is 35.5. The Hall–Kier alpha value is -2.08. The molecule has 0 aliphatic heterocycles. The first-order valence-corrected chi connectivity index (χ1v) is 7.92. The number of hydrogen-bond acceptors (Lipinski definition) is 3. The van der Waals surface area contributed by atoms with Gasteiger partial charge in [0.25, 0.3) is 11.2 Å². The Balaban J connectivity index is 2.20. The van der Waals surface area contributed by atoms with Gasteiger partial charge in [0.15, 0.2) is 0 Å². The second kappa shape index (κ2) is 6.43. The SMILES string of the molecule is O=c1ccc2cc([N+](=O)[O-])ccc2n1Cc1c(Cl)ccc(Cl)c1Cl. The number of nitrogens with zero attached hydrogens (tertiary/aromatic N) is 2. The lowest BCUT2D eigenvalue weighted by Crippen LogP contribution is -2.20. The number of benzene rings is 2. The highest BCUT2D eigenvalue weighted by Crippen LogP contribution is 2.32. The van der Waals surface area contributed by atoms with Gasteiger partial charge in [-0.1, -0.05) is 34.8 Å². The Morgan fingerprint density at radius 2 is 1.71 bits per heavy atom. The van der Waals surface area contributed by atoms with Crippen LogP contribution in [0.4, 0.5) is 5.69 Å². The number of non-ortho nitro benzene ring substituents is 1. The lowest BCUT2D eigenvalue weighted by molar-refractivity contribution is -0.384. The molecule has 0 aliphatic rings. The molecule has 1 aromatic heterocycles. The molecule has 0 saturated heterocycles. The second-order valence-electron chi connectivity index (χ2n) is 5.08. The summed E-state index contributed by atoms with van der Waals surface area (Å²) in [5.74, 6) is 0. The third kappa shape index (κ3) is 2.98. The van der Waals surface area contributed by atoms with E-state index < -0.39 is 4.92 Å². The minimum absolute atomic E-state index is 0.0495. The zero-order valence-electron chi connectivity index (χ0n) is 12.0. The molecule has 3 aromatic rings. The number of halogens is 3. The van der Waals surface area contributed by atoms with E-state index in [4.69, 9.17) is 34.8 Å². The third-order valence-electron chi connectivity index (χ3n) is 3.64. The Kier molecular flexibility index (Phi) is 4.49. The van der Waals surface area contributed by atoms with Crippen molar-refractivity contribution in [1.29, 1.82) is 0 Å². The van der Waals surface area contributed by atoms with Crippen molar-refractivity contribution in [3.63, 3.8) is 0 Å². The lowest BCUT2D eigenvalue weighted by atomic mass is 10.1. The number of pyridine rings is 1. The Morgan fingerprint density at radius 1 is 1.00 bits per heavy atom. The Labute approximate surface area is 151 Å². The summed E-state index contributed by atoms with van der Waals surface area (Å²) < 4.78 is 1.45. The third-order valence-corrected chi connectivity index (χ3v) is 4.84. The van der Waals surface area contributed by atoms with Crippen molar-refractivity contribution < 1.29 is 4.92 Å². The van der Waals surface area contributed by atoms with Gasteiger partial charge in [-0.3, -0.25) is 14.9 Å². The molecule has 0 unspecified atom stereocenters. The molecule has 122 valence electrons. The van der Waals surface area contributed by atoms with E-state index in [2.05, 4.69) is 0 Å². The van der Waals surface area contributed by atoms with E-state index in [0.717, 1.165) is 0 Å². The van der Waals surface area contributed by atoms with Gasteiger partial charge < -0.3 is 4.57 Å². The Bertz CT molecular complexity index is 1030. The van der Waals surface area contributed by atoms with Gasteiger partial charge in [0.2, 0.25) is 0 Å². The number of hydrogen-bond donors (Lipinski definition) is 0. The molecule has 0 bridgehead atoms. The van der Waals surface area contributed by atoms with Crippen molar-refractivity contribution in [2.75, 3.05) is 0 Å². The monoisotopic (exact) mass is 382 g/mol. The number of rotatable bonds is 3. The van der Waals surface area contributed by atoms with Gasteiger partial charge in [0, 0.05) is 34.2 Å². The molecule has 2 aromatic carbocycles. The van der Waals surface area contributed by atoms with Gasteiger partial charge in [-0.25, -0.2) is 0 Å². The molecule has 8 heteroatoms. The van der Waals surface area contributed by atoms with E-state index >= 15 is 0 Å². The summed E-state index contributed by atoms with van der Waals surface area (Å²) >= 11 is 18.4. The first-order chi connectivity index (χ1) is 11.4. The van der Waals surface area contributed by atoms with Crippen LogP contribution < -0.4 is 5.56 Å². The van der Waals surface area contributed by atoms with Crippen LogP contribution in [0.25, 0.3) is 10.9 Å². The fourth-order valence-corrected chi connectivity index (χ4v) is 3.11. The van der Waals surface area contributed by atoms with Crippen LogP contribution in [0.5, 0.6) is 0 Å². The predicted octanol–water partition coefficient (Wildman–Crippen LogP) is 4.92. The molecule has 0 saturated carbocycles. The van der Waals surface area contributed by atoms with Crippen LogP contribution in [-0.2, 0) is 6.54 Å². The summed E-state index contributed by atoms with van der Waals surface area (Å²) in [4.78, 5) is 22.7. The summed E-state index contributed by atoms with van der Waals surface area (Å²) in [6, 6.07) is 10.4. The van der Waals surface area contributed by atoms with Crippen molar-refractivity contribution in [1.82, 2.24) is 4.57 Å². The molecule has 1 heterocycles. The van der Waals surface area contributed by atoms with Crippen molar-refractivity contribution in [2.24, 2.45) is 0 Å². The van der Waals surface area contributed by atoms with Crippen LogP contribution in [-0.4, -0.2) is 9.49 Å². The predicted molar refractivity (Wildman–Crippen MR) is 95.4 cm³/mol. The van der Waals surface area contributed by atoms with E-state index in [1.165, 1.54) is 28.8 Å². The first kappa shape index (κ1) is 16.8. The van der Waals surface area contributed by atoms with Crippen molar-refractivity contribution >= 4 is 51.4 Å². The quantitative estimate of drug-likeness (QED) is 0.366. The zero-order chi connectivity index (χ0) is 17.4. The van der Waals surface area contributed by atoms with Gasteiger partial charge in [0.05, 0.1) is 27.0 Å². The molecule has 24 heavy (non-hydrogen) atoms. The van der Waals surface area contributed by atoms with Crippen LogP contribution in [0.1, 0.15) is 5.56 Å². The second-order valence-corrected chi connectivity index (χ2v) is 6.27. The summed E-state index contributed by atoms with van der Waals surface area (Å²) in [5.41, 5.74) is 0.731. The van der Waals surface area contributed by atoms with Crippen LogP contribution in [0.2, 0.25) is 15.1 Å². The average molecular weight is 384 g/mol. The standard InChI is InChI=1S/C16H9Cl3N2O3/c17-12-3-4-13(18)16(19)11(12)8-20-14-5-2-10(21(23)24)7-9(14)1-6-15(20)22/h1-7H,8H2. The summed E-state index contributed by atoms with van der Waals surface area (Å²) in [5, 5.41) is 12.5. The molecule has 3 rings (SSSR count). The molecule has 0 fully saturated rings. The minimum Gasteiger partial charge on any atom is -0.304 e. The zero-order valence-corrected chi connectivity index (χ0v) is 14.3. The molecule has 0 atom stereocenters. The summed E-state index contributed by atoms with van der Waals surface area (Å²) in [6.45, 7) is 0.103. The van der Waals surface area contributed by atoms with E-state index in [1.54, 1.807) is 18.2 Å². The highest BCUT2D eigenvalue weighted by Gasteiger charge is 2.14. The number of nitro benzene ring substituents is 1. The molecule has 0 amide bonds. The van der Waals surface area contributed by atoms with Crippen molar-refractivity contribution in [2.45, 2.75) is 6.54 Å². The molecular formula is C16H9Cl3N2O3. The van der Waals surface area contributed by atoms with Crippen molar-refractivity contribution in [3.8, 4) is 0 Å². The van der Waals surface area contributed by atoms with E-state index in [9.17, 15) is 14.9 Å². The van der Waals surface area contributed by atoms with Gasteiger partial charge in [-0.15, -0.1) is 0 Å². The van der Waals surface area contributed by atoms with Crippen LogP contribution >= 0.6 is 34.8 Å². The van der Waals surface area contributed by atoms with Gasteiger partial charge >= 0.3 is 0 Å². The maximum atomic E-state index is 12.3. The van der Waals surface area contributed by atoms with Crippen LogP contribution in [0.3, 0.4) is 0 Å². The summed E-state index contributed by atoms with van der Waals surface area (Å²) in [6.07, 6.45) is 0. The average Bonchev–Trinajstić information content (AvgIpc) is 2.56. The van der Waals surface area contributed by atoms with Gasteiger partial charge in [0.1, 0.15) is 0 Å². The normalized spacial score (nSPS) is 11.0. The molecular weight excluding hydrogens is 375 g/mol. The summed E-state index contributed by atoms with van der Waals surface area (Å²) in [7, 11) is 0. The minimum atomic E-state index is -0.487. The first-order valence-electron chi connectivity index (χ1n) is 6.79. The molecule has 0 aliphatic carbocycles. The lowest BCUT2D eigenvalue weighted by Gasteiger charge is -2.13. The fraction of sp³-hybridized carbons (Fsp3) is 0.0625. The molecule has 5 nitrogen and oxygen atoms in total. The molecule has 0 radical (unpaired) electrons. The van der Waals surface area contributed by atoms with E-state index in [0.29, 0.717) is 26.5 Å². The highest BCUT2D eigenvalue weighted by molar-refractivity contribution is 6.44. The fourth-order valence-electron chi connectivity index (χ4n) is 2.44. The van der Waals surface area contributed by atoms with Crippen molar-refractivity contribution in [3.05, 3.63) is 83.6 Å².